The summed E-state index contributed by atoms with van der Waals surface area (Å²) in [6.45, 7) is 4.12. The maximum atomic E-state index is 13.0. The summed E-state index contributed by atoms with van der Waals surface area (Å²) in [4.78, 5) is 17.2. The molecule has 0 bridgehead atoms. The van der Waals surface area contributed by atoms with E-state index in [1.165, 1.54) is 33.9 Å². The second kappa shape index (κ2) is 7.90. The van der Waals surface area contributed by atoms with Crippen molar-refractivity contribution in [3.63, 3.8) is 0 Å². The van der Waals surface area contributed by atoms with Crippen molar-refractivity contribution in [1.82, 2.24) is 19.3 Å². The Hall–Kier alpha value is -3.62. The third-order valence-electron chi connectivity index (χ3n) is 4.60. The lowest BCUT2D eigenvalue weighted by Gasteiger charge is -2.12. The van der Waals surface area contributed by atoms with E-state index < -0.39 is 11.7 Å². The number of rotatable bonds is 5. The van der Waals surface area contributed by atoms with Crippen LogP contribution in [0, 0.1) is 0 Å². The first kappa shape index (κ1) is 20.6. The third kappa shape index (κ3) is 4.30. The van der Waals surface area contributed by atoms with Gasteiger partial charge >= 0.3 is 6.18 Å². The Morgan fingerprint density at radius 1 is 1.10 bits per heavy atom. The molecule has 0 unspecified atom stereocenters. The van der Waals surface area contributed by atoms with Crippen molar-refractivity contribution in [2.75, 3.05) is 0 Å². The van der Waals surface area contributed by atoms with Gasteiger partial charge in [0.05, 0.1) is 30.1 Å². The van der Waals surface area contributed by atoms with Gasteiger partial charge in [-0.25, -0.2) is 9.67 Å². The Bertz CT molecular complexity index is 1290. The van der Waals surface area contributed by atoms with Gasteiger partial charge in [0.15, 0.2) is 5.65 Å². The van der Waals surface area contributed by atoms with Crippen molar-refractivity contribution < 1.29 is 17.9 Å². The third-order valence-corrected chi connectivity index (χ3v) is 4.60. The number of aromatic nitrogens is 4. The molecule has 4 aromatic rings. The molecule has 0 radical (unpaired) electrons. The van der Waals surface area contributed by atoms with E-state index in [0.29, 0.717) is 5.75 Å². The van der Waals surface area contributed by atoms with Crippen molar-refractivity contribution in [3.05, 3.63) is 82.5 Å². The molecule has 2 heterocycles. The number of fused-ring (bicyclic) bond motifs is 1. The number of hydrogen-bond acceptors (Lipinski definition) is 4. The number of alkyl halides is 3. The summed E-state index contributed by atoms with van der Waals surface area (Å²) in [6, 6.07) is 12.1. The molecule has 31 heavy (non-hydrogen) atoms. The summed E-state index contributed by atoms with van der Waals surface area (Å²) < 4.78 is 47.5. The van der Waals surface area contributed by atoms with Crippen LogP contribution in [-0.2, 0) is 12.7 Å². The molecule has 0 fully saturated rings. The van der Waals surface area contributed by atoms with Crippen LogP contribution in [0.4, 0.5) is 13.2 Å². The zero-order valence-corrected chi connectivity index (χ0v) is 16.8. The predicted molar refractivity (Wildman–Crippen MR) is 109 cm³/mol. The van der Waals surface area contributed by atoms with Crippen LogP contribution in [0.3, 0.4) is 0 Å². The van der Waals surface area contributed by atoms with Gasteiger partial charge in [0, 0.05) is 0 Å². The lowest BCUT2D eigenvalue weighted by atomic mass is 10.2. The van der Waals surface area contributed by atoms with Gasteiger partial charge in [-0.05, 0) is 49.7 Å². The van der Waals surface area contributed by atoms with Crippen molar-refractivity contribution >= 4 is 11.0 Å². The fourth-order valence-corrected chi connectivity index (χ4v) is 3.25. The highest BCUT2D eigenvalue weighted by atomic mass is 19.4. The van der Waals surface area contributed by atoms with Gasteiger partial charge in [-0.15, -0.1) is 0 Å². The molecule has 4 rings (SSSR count). The molecular weight excluding hydrogens is 409 g/mol. The molecule has 0 aliphatic carbocycles. The van der Waals surface area contributed by atoms with E-state index in [1.807, 2.05) is 38.1 Å². The summed E-state index contributed by atoms with van der Waals surface area (Å²) in [5.41, 5.74) is 0.0843. The number of ether oxygens (including phenoxy) is 1. The van der Waals surface area contributed by atoms with E-state index in [0.717, 1.165) is 17.7 Å². The van der Waals surface area contributed by atoms with Gasteiger partial charge in [0.25, 0.3) is 5.56 Å². The minimum absolute atomic E-state index is 0.0256. The zero-order chi connectivity index (χ0) is 22.2. The van der Waals surface area contributed by atoms with Crippen molar-refractivity contribution in [3.8, 4) is 11.4 Å². The van der Waals surface area contributed by atoms with Crippen LogP contribution >= 0.6 is 0 Å². The van der Waals surface area contributed by atoms with Gasteiger partial charge in [0.2, 0.25) is 0 Å². The van der Waals surface area contributed by atoms with Gasteiger partial charge in [-0.1, -0.05) is 18.2 Å². The van der Waals surface area contributed by atoms with Gasteiger partial charge in [-0.3, -0.25) is 9.36 Å². The molecule has 9 heteroatoms. The van der Waals surface area contributed by atoms with Crippen LogP contribution in [0.2, 0.25) is 0 Å². The topological polar surface area (TPSA) is 61.9 Å². The number of nitrogens with zero attached hydrogens (tertiary/aromatic N) is 4. The monoisotopic (exact) mass is 428 g/mol. The second-order valence-corrected chi connectivity index (χ2v) is 7.33. The summed E-state index contributed by atoms with van der Waals surface area (Å²) in [5.74, 6) is 0.701. The quantitative estimate of drug-likeness (QED) is 0.472. The normalized spacial score (nSPS) is 11.9. The molecule has 0 N–H and O–H groups in total. The molecule has 0 aliphatic heterocycles. The maximum absolute atomic E-state index is 13.0. The molecule has 0 amide bonds. The molecular formula is C22H19F3N4O2. The fourth-order valence-electron chi connectivity index (χ4n) is 3.25. The summed E-state index contributed by atoms with van der Waals surface area (Å²) in [6.07, 6.45) is -1.77. The van der Waals surface area contributed by atoms with Crippen molar-refractivity contribution in [2.24, 2.45) is 0 Å². The Labute approximate surface area is 175 Å². The predicted octanol–water partition coefficient (Wildman–Crippen LogP) is 4.44. The summed E-state index contributed by atoms with van der Waals surface area (Å²) >= 11 is 0. The highest BCUT2D eigenvalue weighted by molar-refractivity contribution is 5.75. The smallest absolute Gasteiger partial charge is 0.416 e. The Morgan fingerprint density at radius 2 is 1.87 bits per heavy atom. The molecule has 2 aromatic carbocycles. The molecule has 0 saturated heterocycles. The summed E-state index contributed by atoms with van der Waals surface area (Å²) in [7, 11) is 0. The Morgan fingerprint density at radius 3 is 2.61 bits per heavy atom. The molecule has 0 aliphatic rings. The lowest BCUT2D eigenvalue weighted by Crippen LogP contribution is -2.21. The molecule has 160 valence electrons. The SMILES string of the molecule is CC(C)Oc1cccc(Cn2cnc3c(cnn3-c3cccc(C(F)(F)F)c3)c2=O)c1. The minimum atomic E-state index is -4.48. The van der Waals surface area contributed by atoms with E-state index in [1.54, 1.807) is 0 Å². The Kier molecular flexibility index (Phi) is 5.26. The van der Waals surface area contributed by atoms with Gasteiger partial charge in [-0.2, -0.15) is 18.3 Å². The molecule has 0 spiro atoms. The first-order chi connectivity index (χ1) is 14.7. The van der Waals surface area contributed by atoms with Crippen LogP contribution in [0.25, 0.3) is 16.7 Å². The molecule has 2 aromatic heterocycles. The zero-order valence-electron chi connectivity index (χ0n) is 16.8. The van der Waals surface area contributed by atoms with Gasteiger partial charge < -0.3 is 4.74 Å². The van der Waals surface area contributed by atoms with Gasteiger partial charge in [0.1, 0.15) is 17.5 Å². The lowest BCUT2D eigenvalue weighted by molar-refractivity contribution is -0.137. The highest BCUT2D eigenvalue weighted by Crippen LogP contribution is 2.30. The van der Waals surface area contributed by atoms with E-state index in [-0.39, 0.29) is 34.9 Å². The fraction of sp³-hybridized carbons (Fsp3) is 0.227. The number of benzene rings is 2. The number of hydrogen-bond donors (Lipinski definition) is 0. The molecule has 0 atom stereocenters. The average Bonchev–Trinajstić information content (AvgIpc) is 3.14. The van der Waals surface area contributed by atoms with E-state index >= 15 is 0 Å². The standard InChI is InChI=1S/C22H19F3N4O2/c1-14(2)31-18-8-3-5-15(9-18)12-28-13-26-20-19(21(28)30)11-27-29(20)17-7-4-6-16(10-17)22(23,24)25/h3-11,13-14H,12H2,1-2H3. The highest BCUT2D eigenvalue weighted by Gasteiger charge is 2.30. The average molecular weight is 428 g/mol. The largest absolute Gasteiger partial charge is 0.491 e. The summed E-state index contributed by atoms with van der Waals surface area (Å²) in [5, 5.41) is 4.32. The van der Waals surface area contributed by atoms with E-state index in [2.05, 4.69) is 10.1 Å². The minimum Gasteiger partial charge on any atom is -0.491 e. The van der Waals surface area contributed by atoms with Crippen LogP contribution in [0.5, 0.6) is 5.75 Å². The second-order valence-electron chi connectivity index (χ2n) is 7.33. The van der Waals surface area contributed by atoms with Crippen LogP contribution in [0.15, 0.2) is 65.8 Å². The van der Waals surface area contributed by atoms with E-state index in [9.17, 15) is 18.0 Å². The van der Waals surface area contributed by atoms with E-state index in [4.69, 9.17) is 4.74 Å². The first-order valence-corrected chi connectivity index (χ1v) is 9.59. The Balaban J connectivity index is 1.69. The van der Waals surface area contributed by atoms with Crippen LogP contribution in [-0.4, -0.2) is 25.4 Å². The number of halogens is 3. The molecule has 0 saturated carbocycles. The first-order valence-electron chi connectivity index (χ1n) is 9.59. The maximum Gasteiger partial charge on any atom is 0.416 e. The molecule has 6 nitrogen and oxygen atoms in total. The van der Waals surface area contributed by atoms with Crippen molar-refractivity contribution in [2.45, 2.75) is 32.7 Å². The van der Waals surface area contributed by atoms with Crippen LogP contribution < -0.4 is 10.3 Å². The van der Waals surface area contributed by atoms with Crippen LogP contribution in [0.1, 0.15) is 25.0 Å². The van der Waals surface area contributed by atoms with Crippen molar-refractivity contribution in [1.29, 1.82) is 0 Å².